The minimum atomic E-state index is -0.527. The van der Waals surface area contributed by atoms with E-state index in [1.54, 1.807) is 18.2 Å². The molecule has 2 nitrogen and oxygen atoms in total. The molecule has 110 valence electrons. The highest BCUT2D eigenvalue weighted by Gasteiger charge is 2.12. The van der Waals surface area contributed by atoms with E-state index in [9.17, 15) is 14.0 Å². The topological polar surface area (TPSA) is 26.9 Å². The van der Waals surface area contributed by atoms with Crippen molar-refractivity contribution in [2.75, 3.05) is 0 Å². The predicted molar refractivity (Wildman–Crippen MR) is 81.2 cm³/mol. The van der Waals surface area contributed by atoms with E-state index in [2.05, 4.69) is 0 Å². The van der Waals surface area contributed by atoms with Crippen molar-refractivity contribution in [2.24, 2.45) is 0 Å². The molecule has 0 saturated heterocycles. The summed E-state index contributed by atoms with van der Waals surface area (Å²) in [7, 11) is 0. The predicted octanol–water partition coefficient (Wildman–Crippen LogP) is 4.59. The van der Waals surface area contributed by atoms with Gasteiger partial charge in [-0.2, -0.15) is 4.73 Å². The Morgan fingerprint density at radius 1 is 0.818 bits per heavy atom. The third-order valence-electron chi connectivity index (χ3n) is 3.31. The summed E-state index contributed by atoms with van der Waals surface area (Å²) in [5.74, 6) is -0.904. The van der Waals surface area contributed by atoms with Crippen LogP contribution in [0.1, 0.15) is 0 Å². The van der Waals surface area contributed by atoms with Crippen molar-refractivity contribution in [3.8, 4) is 22.4 Å². The summed E-state index contributed by atoms with van der Waals surface area (Å²) in [6, 6.07) is 13.3. The van der Waals surface area contributed by atoms with Crippen molar-refractivity contribution in [3.05, 3.63) is 82.7 Å². The van der Waals surface area contributed by atoms with Gasteiger partial charge in [0.1, 0.15) is 11.6 Å². The summed E-state index contributed by atoms with van der Waals surface area (Å²) in [5, 5.41) is 12.0. The summed E-state index contributed by atoms with van der Waals surface area (Å²) < 4.78 is 27.2. The number of benzene rings is 2. The van der Waals surface area contributed by atoms with Crippen LogP contribution in [0.15, 0.2) is 60.8 Å². The molecule has 0 N–H and O–H groups in total. The van der Waals surface area contributed by atoms with Crippen LogP contribution in [-0.2, 0) is 0 Å². The standard InChI is InChI=1S/C17H10ClF2NO/c18-15-6-3-12(9-16(15)20)13-7-8-21(22)17(10-13)11-1-4-14(19)5-2-11/h1-10H. The Bertz CT molecular complexity index is 835. The summed E-state index contributed by atoms with van der Waals surface area (Å²) >= 11 is 5.67. The van der Waals surface area contributed by atoms with Gasteiger partial charge in [0.15, 0.2) is 6.20 Å². The van der Waals surface area contributed by atoms with Crippen molar-refractivity contribution < 1.29 is 13.5 Å². The molecule has 0 bridgehead atoms. The SMILES string of the molecule is [O-][n+]1ccc(-c2ccc(Cl)c(F)c2)cc1-c1ccc(F)cc1. The van der Waals surface area contributed by atoms with Crippen molar-refractivity contribution in [1.29, 1.82) is 0 Å². The smallest absolute Gasteiger partial charge is 0.224 e. The number of halogens is 3. The Morgan fingerprint density at radius 3 is 2.14 bits per heavy atom. The van der Waals surface area contributed by atoms with Crippen LogP contribution in [-0.4, -0.2) is 0 Å². The van der Waals surface area contributed by atoms with E-state index in [4.69, 9.17) is 11.6 Å². The number of hydrogen-bond donors (Lipinski definition) is 0. The van der Waals surface area contributed by atoms with Gasteiger partial charge in [-0.3, -0.25) is 0 Å². The molecule has 1 heterocycles. The Balaban J connectivity index is 2.09. The molecule has 0 aliphatic rings. The molecule has 5 heteroatoms. The second-order valence-electron chi connectivity index (χ2n) is 4.76. The zero-order chi connectivity index (χ0) is 15.7. The lowest BCUT2D eigenvalue weighted by Gasteiger charge is -2.08. The number of pyridine rings is 1. The zero-order valence-electron chi connectivity index (χ0n) is 11.3. The Morgan fingerprint density at radius 2 is 1.45 bits per heavy atom. The van der Waals surface area contributed by atoms with E-state index in [0.717, 1.165) is 0 Å². The molecule has 2 aromatic carbocycles. The van der Waals surface area contributed by atoms with Gasteiger partial charge in [0.2, 0.25) is 5.69 Å². The lowest BCUT2D eigenvalue weighted by molar-refractivity contribution is -0.593. The highest BCUT2D eigenvalue weighted by Crippen LogP contribution is 2.26. The fourth-order valence-corrected chi connectivity index (χ4v) is 2.29. The quantitative estimate of drug-likeness (QED) is 0.502. The molecule has 3 rings (SSSR count). The van der Waals surface area contributed by atoms with Crippen molar-refractivity contribution >= 4 is 11.6 Å². The van der Waals surface area contributed by atoms with Crippen LogP contribution < -0.4 is 4.73 Å². The minimum Gasteiger partial charge on any atom is -0.618 e. The molecule has 0 aliphatic heterocycles. The van der Waals surface area contributed by atoms with E-state index in [-0.39, 0.29) is 10.8 Å². The first-order valence-corrected chi connectivity index (χ1v) is 6.87. The molecule has 0 amide bonds. The fourth-order valence-electron chi connectivity index (χ4n) is 2.17. The normalized spacial score (nSPS) is 10.7. The molecule has 0 unspecified atom stereocenters. The second-order valence-corrected chi connectivity index (χ2v) is 5.17. The maximum Gasteiger partial charge on any atom is 0.224 e. The van der Waals surface area contributed by atoms with Crippen LogP contribution in [0.25, 0.3) is 22.4 Å². The monoisotopic (exact) mass is 317 g/mol. The lowest BCUT2D eigenvalue weighted by Crippen LogP contribution is -2.28. The molecule has 3 aromatic rings. The largest absolute Gasteiger partial charge is 0.618 e. The maximum atomic E-state index is 13.6. The molecule has 0 radical (unpaired) electrons. The first kappa shape index (κ1) is 14.5. The number of nitrogens with zero attached hydrogens (tertiary/aromatic N) is 1. The fraction of sp³-hybridized carbons (Fsp3) is 0. The molecular weight excluding hydrogens is 308 g/mol. The summed E-state index contributed by atoms with van der Waals surface area (Å²) in [6.07, 6.45) is 1.33. The Labute approximate surface area is 130 Å². The average molecular weight is 318 g/mol. The minimum absolute atomic E-state index is 0.0392. The van der Waals surface area contributed by atoms with Gasteiger partial charge >= 0.3 is 0 Å². The van der Waals surface area contributed by atoms with Crippen LogP contribution in [0, 0.1) is 16.8 Å². The molecule has 0 atom stereocenters. The van der Waals surface area contributed by atoms with Gasteiger partial charge in [0.05, 0.1) is 5.02 Å². The average Bonchev–Trinajstić information content (AvgIpc) is 2.52. The Kier molecular flexibility index (Phi) is 3.77. The molecule has 0 fully saturated rings. The van der Waals surface area contributed by atoms with Crippen molar-refractivity contribution in [3.63, 3.8) is 0 Å². The third kappa shape index (κ3) is 2.78. The van der Waals surface area contributed by atoms with E-state index in [1.807, 2.05) is 0 Å². The molecule has 0 aliphatic carbocycles. The molecule has 0 spiro atoms. The van der Waals surface area contributed by atoms with Gasteiger partial charge in [-0.05, 0) is 47.5 Å². The summed E-state index contributed by atoms with van der Waals surface area (Å²) in [6.45, 7) is 0. The zero-order valence-corrected chi connectivity index (χ0v) is 12.0. The first-order valence-electron chi connectivity index (χ1n) is 6.49. The molecule has 1 aromatic heterocycles. The molecule has 22 heavy (non-hydrogen) atoms. The van der Waals surface area contributed by atoms with E-state index < -0.39 is 5.82 Å². The highest BCUT2D eigenvalue weighted by molar-refractivity contribution is 6.30. The molecular formula is C17H10ClF2NO. The highest BCUT2D eigenvalue weighted by atomic mass is 35.5. The maximum absolute atomic E-state index is 13.6. The number of rotatable bonds is 2. The Hall–Kier alpha value is -2.46. The third-order valence-corrected chi connectivity index (χ3v) is 3.62. The van der Waals surface area contributed by atoms with Crippen LogP contribution in [0.5, 0.6) is 0 Å². The van der Waals surface area contributed by atoms with Gasteiger partial charge in [-0.15, -0.1) is 0 Å². The van der Waals surface area contributed by atoms with Gasteiger partial charge in [0, 0.05) is 17.7 Å². The lowest BCUT2D eigenvalue weighted by atomic mass is 10.0. The number of aromatic nitrogens is 1. The number of hydrogen-bond acceptors (Lipinski definition) is 1. The van der Waals surface area contributed by atoms with Gasteiger partial charge in [-0.25, -0.2) is 8.78 Å². The van der Waals surface area contributed by atoms with Crippen LogP contribution in [0.2, 0.25) is 5.02 Å². The van der Waals surface area contributed by atoms with E-state index >= 15 is 0 Å². The van der Waals surface area contributed by atoms with E-state index in [0.29, 0.717) is 27.1 Å². The van der Waals surface area contributed by atoms with Gasteiger partial charge in [-0.1, -0.05) is 17.7 Å². The second kappa shape index (κ2) is 5.73. The van der Waals surface area contributed by atoms with Crippen LogP contribution >= 0.6 is 11.6 Å². The summed E-state index contributed by atoms with van der Waals surface area (Å²) in [5.41, 5.74) is 2.20. The summed E-state index contributed by atoms with van der Waals surface area (Å²) in [4.78, 5) is 0. The molecule has 0 saturated carbocycles. The van der Waals surface area contributed by atoms with E-state index in [1.165, 1.54) is 42.6 Å². The van der Waals surface area contributed by atoms with Gasteiger partial charge in [0.25, 0.3) is 0 Å². The van der Waals surface area contributed by atoms with Crippen molar-refractivity contribution in [2.45, 2.75) is 0 Å². The van der Waals surface area contributed by atoms with Crippen LogP contribution in [0.4, 0.5) is 8.78 Å². The van der Waals surface area contributed by atoms with Crippen LogP contribution in [0.3, 0.4) is 0 Å². The first-order chi connectivity index (χ1) is 10.5. The van der Waals surface area contributed by atoms with Crippen molar-refractivity contribution in [1.82, 2.24) is 0 Å². The van der Waals surface area contributed by atoms with Gasteiger partial charge < -0.3 is 5.21 Å².